The molecule has 0 aliphatic carbocycles. The first-order valence-electron chi connectivity index (χ1n) is 8.17. The van der Waals surface area contributed by atoms with Crippen LogP contribution in [0.4, 0.5) is 4.79 Å². The lowest BCUT2D eigenvalue weighted by molar-refractivity contribution is -0.156. The summed E-state index contributed by atoms with van der Waals surface area (Å²) in [7, 11) is -1.99. The van der Waals surface area contributed by atoms with E-state index in [1.807, 2.05) is 20.8 Å². The van der Waals surface area contributed by atoms with Gasteiger partial charge in [-0.1, -0.05) is 34.6 Å². The topological polar surface area (TPSA) is 73.9 Å². The Morgan fingerprint density at radius 3 is 2.26 bits per heavy atom. The van der Waals surface area contributed by atoms with E-state index in [1.54, 1.807) is 0 Å². The average Bonchev–Trinajstić information content (AvgIpc) is 2.33. The smallest absolute Gasteiger partial charge is 0.434 e. The third-order valence-electron chi connectivity index (χ3n) is 4.46. The fourth-order valence-electron chi connectivity index (χ4n) is 2.02. The van der Waals surface area contributed by atoms with E-state index in [4.69, 9.17) is 13.9 Å². The van der Waals surface area contributed by atoms with Crippen LogP contribution in [0.15, 0.2) is 0 Å². The normalized spacial score (nSPS) is 23.1. The van der Waals surface area contributed by atoms with Crippen LogP contribution in [0.5, 0.6) is 0 Å². The maximum Gasteiger partial charge on any atom is 0.510 e. The second-order valence-electron chi connectivity index (χ2n) is 8.11. The van der Waals surface area contributed by atoms with Crippen LogP contribution in [0.1, 0.15) is 41.5 Å². The Balaban J connectivity index is 2.60. The van der Waals surface area contributed by atoms with E-state index in [1.165, 1.54) is 0 Å². The van der Waals surface area contributed by atoms with Crippen molar-refractivity contribution in [2.24, 2.45) is 11.8 Å². The number of amides is 1. The molecule has 3 atom stereocenters. The van der Waals surface area contributed by atoms with Crippen molar-refractivity contribution in [3.63, 3.8) is 0 Å². The maximum absolute atomic E-state index is 11.9. The quantitative estimate of drug-likeness (QED) is 0.454. The molecule has 6 nitrogen and oxygen atoms in total. The van der Waals surface area contributed by atoms with Crippen molar-refractivity contribution >= 4 is 20.4 Å². The van der Waals surface area contributed by atoms with Crippen molar-refractivity contribution in [3.8, 4) is 0 Å². The first-order valence-corrected chi connectivity index (χ1v) is 11.1. The lowest BCUT2D eigenvalue weighted by Crippen LogP contribution is -2.65. The third kappa shape index (κ3) is 5.21. The predicted octanol–water partition coefficient (Wildman–Crippen LogP) is 3.28. The number of rotatable bonds is 6. The van der Waals surface area contributed by atoms with Crippen LogP contribution in [0.2, 0.25) is 18.1 Å². The Bertz CT molecular complexity index is 444. The molecule has 1 fully saturated rings. The van der Waals surface area contributed by atoms with E-state index in [-0.39, 0.29) is 23.0 Å². The molecule has 0 aromatic rings. The minimum absolute atomic E-state index is 0.0496. The number of nitrogens with one attached hydrogen (secondary N) is 1. The summed E-state index contributed by atoms with van der Waals surface area (Å²) in [6, 6.07) is 0. The maximum atomic E-state index is 11.9. The number of hydrogen-bond donors (Lipinski definition) is 1. The number of β-lactam (4-membered cyclic amide) rings is 1. The SMILES string of the molecule is CC(C)COC(=O)O[C@H]1NC(=O)[C@@H]1[C@@H](C)O[Si](C)(C)C(C)(C)C. The van der Waals surface area contributed by atoms with Crippen LogP contribution in [-0.2, 0) is 18.7 Å². The summed E-state index contributed by atoms with van der Waals surface area (Å²) < 4.78 is 16.4. The second-order valence-corrected chi connectivity index (χ2v) is 12.9. The Morgan fingerprint density at radius 2 is 1.83 bits per heavy atom. The molecule has 0 aromatic heterocycles. The van der Waals surface area contributed by atoms with Gasteiger partial charge in [-0.3, -0.25) is 4.79 Å². The predicted molar refractivity (Wildman–Crippen MR) is 90.4 cm³/mol. The Hall–Kier alpha value is -1.08. The molecular formula is C16H31NO5Si. The van der Waals surface area contributed by atoms with Gasteiger partial charge in [-0.15, -0.1) is 0 Å². The van der Waals surface area contributed by atoms with Crippen LogP contribution in [-0.4, -0.2) is 39.3 Å². The molecule has 1 N–H and O–H groups in total. The van der Waals surface area contributed by atoms with Crippen molar-refractivity contribution in [3.05, 3.63) is 0 Å². The molecule has 1 aliphatic heterocycles. The molecule has 1 rings (SSSR count). The monoisotopic (exact) mass is 345 g/mol. The highest BCUT2D eigenvalue weighted by Gasteiger charge is 2.49. The van der Waals surface area contributed by atoms with Crippen LogP contribution in [0.3, 0.4) is 0 Å². The molecule has 0 saturated carbocycles. The van der Waals surface area contributed by atoms with Crippen molar-refractivity contribution in [1.82, 2.24) is 5.32 Å². The molecule has 0 spiro atoms. The summed E-state index contributed by atoms with van der Waals surface area (Å²) in [5, 5.41) is 2.64. The summed E-state index contributed by atoms with van der Waals surface area (Å²) in [4.78, 5) is 23.5. The standard InChI is InChI=1S/C16H31NO5Si/c1-10(2)9-20-15(19)21-14-12(13(18)17-14)11(3)22-23(7,8)16(4,5)6/h10-12,14H,9H2,1-8H3,(H,17,18)/t11-,12+,14-/m1/s1. The highest BCUT2D eigenvalue weighted by molar-refractivity contribution is 6.74. The van der Waals surface area contributed by atoms with Crippen molar-refractivity contribution in [2.75, 3.05) is 6.61 Å². The van der Waals surface area contributed by atoms with Gasteiger partial charge in [0.25, 0.3) is 0 Å². The van der Waals surface area contributed by atoms with Gasteiger partial charge in [0.05, 0.1) is 12.7 Å². The van der Waals surface area contributed by atoms with Gasteiger partial charge in [-0.05, 0) is 31.0 Å². The lowest BCUT2D eigenvalue weighted by atomic mass is 9.94. The zero-order valence-electron chi connectivity index (χ0n) is 15.6. The van der Waals surface area contributed by atoms with Gasteiger partial charge in [-0.2, -0.15) is 0 Å². The summed E-state index contributed by atoms with van der Waals surface area (Å²) >= 11 is 0. The van der Waals surface area contributed by atoms with Crippen LogP contribution < -0.4 is 5.32 Å². The molecule has 1 amide bonds. The van der Waals surface area contributed by atoms with E-state index >= 15 is 0 Å². The fourth-order valence-corrected chi connectivity index (χ4v) is 3.45. The molecule has 0 aromatic carbocycles. The first-order chi connectivity index (χ1) is 10.3. The van der Waals surface area contributed by atoms with Crippen LogP contribution >= 0.6 is 0 Å². The fraction of sp³-hybridized carbons (Fsp3) is 0.875. The molecule has 1 saturated heterocycles. The van der Waals surface area contributed by atoms with Crippen molar-refractivity contribution in [1.29, 1.82) is 0 Å². The second kappa shape index (κ2) is 7.21. The summed E-state index contributed by atoms with van der Waals surface area (Å²) in [5.74, 6) is -0.413. The molecule has 0 bridgehead atoms. The number of ether oxygens (including phenoxy) is 2. The highest BCUT2D eigenvalue weighted by atomic mass is 28.4. The van der Waals surface area contributed by atoms with E-state index in [0.717, 1.165) is 0 Å². The molecule has 7 heteroatoms. The Kier molecular flexibility index (Phi) is 6.26. The largest absolute Gasteiger partial charge is 0.510 e. The molecule has 134 valence electrons. The Morgan fingerprint density at radius 1 is 1.26 bits per heavy atom. The van der Waals surface area contributed by atoms with E-state index < -0.39 is 26.6 Å². The van der Waals surface area contributed by atoms with Crippen LogP contribution in [0.25, 0.3) is 0 Å². The van der Waals surface area contributed by atoms with Gasteiger partial charge in [0, 0.05) is 0 Å². The molecular weight excluding hydrogens is 314 g/mol. The minimum atomic E-state index is -1.99. The first kappa shape index (κ1) is 20.0. The molecule has 0 unspecified atom stereocenters. The summed E-state index contributed by atoms with van der Waals surface area (Å²) in [6.07, 6.45) is -1.75. The number of carbonyl (C=O) groups is 2. The number of carbonyl (C=O) groups excluding carboxylic acids is 2. The zero-order chi connectivity index (χ0) is 18.0. The van der Waals surface area contributed by atoms with E-state index in [2.05, 4.69) is 39.2 Å². The molecule has 1 heterocycles. The third-order valence-corrected chi connectivity index (χ3v) is 9.04. The lowest BCUT2D eigenvalue weighted by Gasteiger charge is -2.44. The Labute approximate surface area is 140 Å². The minimum Gasteiger partial charge on any atom is -0.434 e. The van der Waals surface area contributed by atoms with E-state index in [0.29, 0.717) is 6.61 Å². The van der Waals surface area contributed by atoms with Gasteiger partial charge in [0.2, 0.25) is 5.91 Å². The van der Waals surface area contributed by atoms with Gasteiger partial charge in [-0.25, -0.2) is 4.79 Å². The summed E-state index contributed by atoms with van der Waals surface area (Å²) in [5.41, 5.74) is 0. The zero-order valence-corrected chi connectivity index (χ0v) is 16.6. The molecule has 23 heavy (non-hydrogen) atoms. The molecule has 1 aliphatic rings. The van der Waals surface area contributed by atoms with Gasteiger partial charge < -0.3 is 19.2 Å². The van der Waals surface area contributed by atoms with Crippen molar-refractivity contribution < 1.29 is 23.5 Å². The van der Waals surface area contributed by atoms with Crippen LogP contribution in [0, 0.1) is 11.8 Å². The average molecular weight is 346 g/mol. The van der Waals surface area contributed by atoms with Gasteiger partial charge >= 0.3 is 6.16 Å². The molecule has 0 radical (unpaired) electrons. The van der Waals surface area contributed by atoms with Gasteiger partial charge in [0.15, 0.2) is 14.5 Å². The van der Waals surface area contributed by atoms with Crippen molar-refractivity contribution in [2.45, 2.75) is 72.0 Å². The summed E-state index contributed by atoms with van der Waals surface area (Å²) in [6.45, 7) is 16.7. The highest BCUT2D eigenvalue weighted by Crippen LogP contribution is 2.39. The number of hydrogen-bond acceptors (Lipinski definition) is 5. The van der Waals surface area contributed by atoms with Gasteiger partial charge in [0.1, 0.15) is 5.92 Å². The van der Waals surface area contributed by atoms with E-state index in [9.17, 15) is 9.59 Å².